The van der Waals surface area contributed by atoms with E-state index < -0.39 is 0 Å². The minimum atomic E-state index is 0.975. The van der Waals surface area contributed by atoms with Crippen LogP contribution >= 0.6 is 0 Å². The van der Waals surface area contributed by atoms with Crippen molar-refractivity contribution in [1.82, 2.24) is 10.2 Å². The van der Waals surface area contributed by atoms with Crippen LogP contribution in [0, 0.1) is 6.92 Å². The van der Waals surface area contributed by atoms with Gasteiger partial charge in [0.05, 0.1) is 5.69 Å². The molecule has 0 aliphatic carbocycles. The fraction of sp³-hybridized carbons (Fsp3) is 0.300. The maximum Gasteiger partial charge on any atom is 0.0922 e. The molecule has 0 saturated carbocycles. The Hall–Kier alpha value is -1.31. The second-order valence-corrected chi connectivity index (χ2v) is 3.07. The van der Waals surface area contributed by atoms with Gasteiger partial charge in [0, 0.05) is 11.3 Å². The van der Waals surface area contributed by atoms with Crippen LogP contribution in [0.1, 0.15) is 30.8 Å². The highest BCUT2D eigenvalue weighted by Gasteiger charge is 2.02. The quantitative estimate of drug-likeness (QED) is 0.711. The second kappa shape index (κ2) is 3.39. The summed E-state index contributed by atoms with van der Waals surface area (Å²) in [5, 5.41) is 7.08. The fourth-order valence-corrected chi connectivity index (χ4v) is 1.10. The summed E-state index contributed by atoms with van der Waals surface area (Å²) in [4.78, 5) is 0. The maximum atomic E-state index is 4.15. The van der Waals surface area contributed by atoms with Gasteiger partial charge in [0.1, 0.15) is 0 Å². The summed E-state index contributed by atoms with van der Waals surface area (Å²) >= 11 is 0. The minimum absolute atomic E-state index is 0.975. The first kappa shape index (κ1) is 8.78. The van der Waals surface area contributed by atoms with Gasteiger partial charge < -0.3 is 0 Å². The van der Waals surface area contributed by atoms with Gasteiger partial charge >= 0.3 is 0 Å². The summed E-state index contributed by atoms with van der Waals surface area (Å²) in [5.74, 6) is 0. The maximum absolute atomic E-state index is 4.15. The SMILES string of the molecule is C=Cc1c(C=C(C)C)n[nH]c1C. The molecule has 2 nitrogen and oxygen atoms in total. The number of H-pyrrole nitrogens is 1. The van der Waals surface area contributed by atoms with Crippen LogP contribution in [-0.4, -0.2) is 10.2 Å². The van der Waals surface area contributed by atoms with Gasteiger partial charge in [-0.15, -0.1) is 0 Å². The topological polar surface area (TPSA) is 28.7 Å². The number of nitrogens with zero attached hydrogens (tertiary/aromatic N) is 1. The van der Waals surface area contributed by atoms with E-state index in [1.54, 1.807) is 0 Å². The van der Waals surface area contributed by atoms with Crippen molar-refractivity contribution in [3.05, 3.63) is 29.1 Å². The molecule has 1 N–H and O–H groups in total. The Bertz CT molecular complexity index is 315. The molecule has 0 spiro atoms. The third kappa shape index (κ3) is 1.64. The molecule has 0 radical (unpaired) electrons. The molecule has 0 aliphatic heterocycles. The molecule has 1 heterocycles. The van der Waals surface area contributed by atoms with E-state index in [0.29, 0.717) is 0 Å². The lowest BCUT2D eigenvalue weighted by molar-refractivity contribution is 1.04. The van der Waals surface area contributed by atoms with Crippen molar-refractivity contribution in [1.29, 1.82) is 0 Å². The van der Waals surface area contributed by atoms with Crippen LogP contribution in [0.3, 0.4) is 0 Å². The molecule has 2 heteroatoms. The number of allylic oxidation sites excluding steroid dienone is 1. The van der Waals surface area contributed by atoms with Crippen molar-refractivity contribution in [2.45, 2.75) is 20.8 Å². The zero-order valence-electron chi connectivity index (χ0n) is 7.81. The smallest absolute Gasteiger partial charge is 0.0922 e. The van der Waals surface area contributed by atoms with Gasteiger partial charge in [-0.2, -0.15) is 5.10 Å². The van der Waals surface area contributed by atoms with Gasteiger partial charge in [-0.1, -0.05) is 18.2 Å². The van der Waals surface area contributed by atoms with E-state index in [1.165, 1.54) is 5.57 Å². The van der Waals surface area contributed by atoms with Crippen LogP contribution in [0.25, 0.3) is 12.2 Å². The summed E-state index contributed by atoms with van der Waals surface area (Å²) in [6.07, 6.45) is 3.87. The van der Waals surface area contributed by atoms with E-state index in [0.717, 1.165) is 17.0 Å². The zero-order valence-corrected chi connectivity index (χ0v) is 7.81. The molecule has 0 aromatic carbocycles. The number of aromatic nitrogens is 2. The van der Waals surface area contributed by atoms with E-state index in [1.807, 2.05) is 19.1 Å². The molecular formula is C10H14N2. The largest absolute Gasteiger partial charge is 0.282 e. The van der Waals surface area contributed by atoms with Crippen molar-refractivity contribution in [2.75, 3.05) is 0 Å². The van der Waals surface area contributed by atoms with Crippen molar-refractivity contribution in [3.63, 3.8) is 0 Å². The first-order chi connectivity index (χ1) is 5.65. The summed E-state index contributed by atoms with van der Waals surface area (Å²) in [5.41, 5.74) is 4.38. The fourth-order valence-electron chi connectivity index (χ4n) is 1.10. The monoisotopic (exact) mass is 162 g/mol. The number of aryl methyl sites for hydroxylation is 1. The Morgan fingerprint density at radius 3 is 2.67 bits per heavy atom. The zero-order chi connectivity index (χ0) is 9.14. The molecule has 12 heavy (non-hydrogen) atoms. The molecular weight excluding hydrogens is 148 g/mol. The molecule has 64 valence electrons. The molecule has 1 aromatic heterocycles. The lowest BCUT2D eigenvalue weighted by Gasteiger charge is -1.91. The Kier molecular flexibility index (Phi) is 2.48. The Balaban J connectivity index is 3.16. The molecule has 0 amide bonds. The highest BCUT2D eigenvalue weighted by molar-refractivity contribution is 5.64. The van der Waals surface area contributed by atoms with Gasteiger partial charge in [0.2, 0.25) is 0 Å². The van der Waals surface area contributed by atoms with E-state index >= 15 is 0 Å². The van der Waals surface area contributed by atoms with Gasteiger partial charge in [0.25, 0.3) is 0 Å². The lowest BCUT2D eigenvalue weighted by atomic mass is 10.1. The molecule has 1 rings (SSSR count). The van der Waals surface area contributed by atoms with Crippen LogP contribution in [-0.2, 0) is 0 Å². The lowest BCUT2D eigenvalue weighted by Crippen LogP contribution is -1.77. The van der Waals surface area contributed by atoms with Gasteiger partial charge in [-0.25, -0.2) is 0 Å². The normalized spacial score (nSPS) is 9.58. The second-order valence-electron chi connectivity index (χ2n) is 3.07. The predicted molar refractivity (Wildman–Crippen MR) is 52.7 cm³/mol. The molecule has 0 bridgehead atoms. The van der Waals surface area contributed by atoms with E-state index in [4.69, 9.17) is 0 Å². The van der Waals surface area contributed by atoms with E-state index in [-0.39, 0.29) is 0 Å². The number of hydrogen-bond acceptors (Lipinski definition) is 1. The van der Waals surface area contributed by atoms with E-state index in [2.05, 4.69) is 30.6 Å². The summed E-state index contributed by atoms with van der Waals surface area (Å²) in [6, 6.07) is 0. The van der Waals surface area contributed by atoms with Crippen molar-refractivity contribution in [3.8, 4) is 0 Å². The van der Waals surface area contributed by atoms with Crippen molar-refractivity contribution >= 4 is 12.2 Å². The van der Waals surface area contributed by atoms with Crippen LogP contribution in [0.15, 0.2) is 12.2 Å². The first-order valence-corrected chi connectivity index (χ1v) is 3.97. The van der Waals surface area contributed by atoms with Crippen molar-refractivity contribution in [2.24, 2.45) is 0 Å². The Morgan fingerprint density at radius 1 is 1.50 bits per heavy atom. The van der Waals surface area contributed by atoms with Crippen LogP contribution in [0.4, 0.5) is 0 Å². The predicted octanol–water partition coefficient (Wildman–Crippen LogP) is 2.78. The Morgan fingerprint density at radius 2 is 2.17 bits per heavy atom. The van der Waals surface area contributed by atoms with Crippen LogP contribution in [0.5, 0.6) is 0 Å². The third-order valence-corrected chi connectivity index (χ3v) is 1.65. The number of nitrogens with one attached hydrogen (secondary N) is 1. The average molecular weight is 162 g/mol. The van der Waals surface area contributed by atoms with E-state index in [9.17, 15) is 0 Å². The average Bonchev–Trinajstić information content (AvgIpc) is 2.30. The van der Waals surface area contributed by atoms with Gasteiger partial charge in [0.15, 0.2) is 0 Å². The highest BCUT2D eigenvalue weighted by atomic mass is 15.1. The Labute approximate surface area is 73.0 Å². The standard InChI is InChI=1S/C10H14N2/c1-5-9-8(4)11-12-10(9)6-7(2)3/h5-6H,1H2,2-4H3,(H,11,12). The summed E-state index contributed by atoms with van der Waals surface area (Å²) < 4.78 is 0. The number of rotatable bonds is 2. The first-order valence-electron chi connectivity index (χ1n) is 3.97. The summed E-state index contributed by atoms with van der Waals surface area (Å²) in [7, 11) is 0. The molecule has 0 fully saturated rings. The molecule has 1 aromatic rings. The number of aromatic amines is 1. The minimum Gasteiger partial charge on any atom is -0.282 e. The highest BCUT2D eigenvalue weighted by Crippen LogP contribution is 2.14. The number of hydrogen-bond donors (Lipinski definition) is 1. The molecule has 0 atom stereocenters. The molecule has 0 saturated heterocycles. The molecule has 0 aliphatic rings. The third-order valence-electron chi connectivity index (χ3n) is 1.65. The van der Waals surface area contributed by atoms with Crippen LogP contribution in [0.2, 0.25) is 0 Å². The van der Waals surface area contributed by atoms with Crippen molar-refractivity contribution < 1.29 is 0 Å². The van der Waals surface area contributed by atoms with Gasteiger partial charge in [-0.05, 0) is 26.8 Å². The van der Waals surface area contributed by atoms with Gasteiger partial charge in [-0.3, -0.25) is 5.10 Å². The summed E-state index contributed by atoms with van der Waals surface area (Å²) in [6.45, 7) is 9.84. The molecule has 0 unspecified atom stereocenters. The van der Waals surface area contributed by atoms with Crippen LogP contribution < -0.4 is 0 Å².